The molecule has 0 bridgehead atoms. The summed E-state index contributed by atoms with van der Waals surface area (Å²) >= 11 is 0. The number of nitrogens with one attached hydrogen (secondary N) is 2. The van der Waals surface area contributed by atoms with Crippen LogP contribution in [0.25, 0.3) is 0 Å². The Morgan fingerprint density at radius 3 is 2.47 bits per heavy atom. The van der Waals surface area contributed by atoms with Crippen molar-refractivity contribution in [2.75, 3.05) is 0 Å². The van der Waals surface area contributed by atoms with Gasteiger partial charge in [-0.25, -0.2) is 0 Å². The highest BCUT2D eigenvalue weighted by molar-refractivity contribution is 6.46. The highest BCUT2D eigenvalue weighted by Gasteiger charge is 2.59. The quantitative estimate of drug-likeness (QED) is 0.121. The summed E-state index contributed by atoms with van der Waals surface area (Å²) in [6, 6.07) is 6.58. The molecule has 2 rings (SSSR count). The Bertz CT molecular complexity index is 871. The third-order valence-corrected chi connectivity index (χ3v) is 6.11. The van der Waals surface area contributed by atoms with Crippen molar-refractivity contribution in [2.24, 2.45) is 11.3 Å². The number of aryl methyl sites for hydroxylation is 1. The first-order chi connectivity index (χ1) is 14.8. The van der Waals surface area contributed by atoms with Gasteiger partial charge in [-0.1, -0.05) is 43.7 Å². The van der Waals surface area contributed by atoms with Crippen molar-refractivity contribution in [2.45, 2.75) is 65.8 Å². The van der Waals surface area contributed by atoms with E-state index in [1.165, 1.54) is 19.2 Å². The van der Waals surface area contributed by atoms with Crippen LogP contribution in [-0.2, 0) is 14.2 Å². The second kappa shape index (κ2) is 10.0. The number of β-lactam (4-membered cyclic amide) rings is 1. The van der Waals surface area contributed by atoms with Gasteiger partial charge in [-0.15, -0.1) is 0 Å². The molecule has 1 aromatic rings. The number of rotatable bonds is 11. The zero-order valence-electron chi connectivity index (χ0n) is 19.6. The molecule has 1 heterocycles. The van der Waals surface area contributed by atoms with Gasteiger partial charge in [-0.3, -0.25) is 24.7 Å². The number of nitrogens with zero attached hydrogens (tertiary/aromatic N) is 1. The molecule has 0 aliphatic carbocycles. The van der Waals surface area contributed by atoms with Crippen LogP contribution in [0.5, 0.6) is 0 Å². The Morgan fingerprint density at radius 1 is 1.38 bits per heavy atom. The van der Waals surface area contributed by atoms with Crippen LogP contribution in [0.3, 0.4) is 0 Å². The first-order valence-electron chi connectivity index (χ1n) is 10.7. The maximum absolute atomic E-state index is 13.6. The molecule has 1 radical (unpaired) electrons. The summed E-state index contributed by atoms with van der Waals surface area (Å²) in [5.74, 6) is -1.65. The van der Waals surface area contributed by atoms with Crippen molar-refractivity contribution in [1.82, 2.24) is 10.1 Å². The van der Waals surface area contributed by atoms with Gasteiger partial charge in [0, 0.05) is 17.9 Å². The second-order valence-electron chi connectivity index (χ2n) is 9.60. The smallest absolute Gasteiger partial charge is 0.374 e. The van der Waals surface area contributed by atoms with E-state index in [1.807, 2.05) is 32.9 Å². The third kappa shape index (κ3) is 5.48. The molecule has 1 fully saturated rings. The van der Waals surface area contributed by atoms with Crippen LogP contribution in [0.2, 0.25) is 13.1 Å². The number of carbonyl (C=O) groups is 3. The predicted molar refractivity (Wildman–Crippen MR) is 125 cm³/mol. The Morgan fingerprint density at radius 2 is 1.97 bits per heavy atom. The predicted octanol–water partition coefficient (Wildman–Crippen LogP) is 2.09. The minimum absolute atomic E-state index is 0.0939. The average molecular weight is 440 g/mol. The fraction of sp³-hybridized carbons (Fsp3) is 0.545. The zero-order chi connectivity index (χ0) is 24.3. The average Bonchev–Trinajstić information content (AvgIpc) is 2.69. The molecule has 1 aliphatic heterocycles. The van der Waals surface area contributed by atoms with E-state index in [0.717, 1.165) is 12.0 Å². The zero-order valence-corrected chi connectivity index (χ0v) is 19.6. The molecule has 2 atom stereocenters. The van der Waals surface area contributed by atoms with Crippen LogP contribution in [0.1, 0.15) is 50.0 Å². The van der Waals surface area contributed by atoms with Gasteiger partial charge >= 0.3 is 14.5 Å². The maximum atomic E-state index is 13.6. The Kier molecular flexibility index (Phi) is 8.06. The van der Waals surface area contributed by atoms with Gasteiger partial charge in [0.25, 0.3) is 0 Å². The van der Waals surface area contributed by atoms with E-state index in [-0.39, 0.29) is 18.5 Å². The molecule has 10 heteroatoms. The van der Waals surface area contributed by atoms with Gasteiger partial charge in [0.05, 0.1) is 5.54 Å². The molecule has 1 aliphatic rings. The summed E-state index contributed by atoms with van der Waals surface area (Å²) in [6.45, 7) is 10.6. The summed E-state index contributed by atoms with van der Waals surface area (Å²) in [4.78, 5) is 40.5. The minimum atomic E-state index is -0.894. The van der Waals surface area contributed by atoms with Crippen molar-refractivity contribution in [1.29, 1.82) is 5.41 Å². The Balaban J connectivity index is 2.26. The molecule has 171 valence electrons. The topological polar surface area (TPSA) is 120 Å². The summed E-state index contributed by atoms with van der Waals surface area (Å²) in [5.41, 5.74) is -0.0227. The molecule has 32 heavy (non-hydrogen) atoms. The highest BCUT2D eigenvalue weighted by Crippen LogP contribution is 2.41. The summed E-state index contributed by atoms with van der Waals surface area (Å²) < 4.78 is 4.93. The van der Waals surface area contributed by atoms with Crippen molar-refractivity contribution >= 4 is 38.5 Å². The molecule has 0 spiro atoms. The molecule has 1 saturated heterocycles. The number of likely N-dealkylation sites (tertiary alicyclic amines) is 1. The van der Waals surface area contributed by atoms with E-state index in [9.17, 15) is 19.4 Å². The third-order valence-electron chi connectivity index (χ3n) is 6.11. The van der Waals surface area contributed by atoms with Gasteiger partial charge in [0.2, 0.25) is 11.8 Å². The normalized spacial score (nSPS) is 18.4. The molecule has 0 aromatic heterocycles. The van der Waals surface area contributed by atoms with Crippen LogP contribution in [0.4, 0.5) is 0 Å². The lowest BCUT2D eigenvalue weighted by atomic mass is 9.65. The van der Waals surface area contributed by atoms with Crippen molar-refractivity contribution in [3.8, 4) is 0 Å². The standard InChI is InChI=1S/C22H32B2N3O5/c1-14-7-9-15(10-8-14)17(28)11-21(2,3)16(12-23-32-13-25)19(29)27-20(30)18(22(27,4)5)26-24(6)31/h7-10,13,16,18,25-26,31H,11-12H2,1-6H3/t16-,18-/m0/s1. The van der Waals surface area contributed by atoms with Crippen LogP contribution in [-0.4, -0.2) is 60.0 Å². The van der Waals surface area contributed by atoms with Gasteiger partial charge in [0.15, 0.2) is 5.78 Å². The first-order valence-corrected chi connectivity index (χ1v) is 10.7. The monoisotopic (exact) mass is 440 g/mol. The molecular formula is C22H32B2N3O5. The number of Topliss-reactive ketones (excluding diaryl/α,β-unsaturated/α-hetero) is 1. The van der Waals surface area contributed by atoms with Crippen molar-refractivity contribution in [3.05, 3.63) is 35.4 Å². The summed E-state index contributed by atoms with van der Waals surface area (Å²) in [7, 11) is 0.449. The van der Waals surface area contributed by atoms with Crippen LogP contribution >= 0.6 is 0 Å². The first kappa shape index (κ1) is 25.8. The fourth-order valence-corrected chi connectivity index (χ4v) is 4.18. The Labute approximate surface area is 191 Å². The fourth-order valence-electron chi connectivity index (χ4n) is 4.18. The van der Waals surface area contributed by atoms with Gasteiger partial charge < -0.3 is 14.9 Å². The van der Waals surface area contributed by atoms with Crippen molar-refractivity contribution in [3.63, 3.8) is 0 Å². The van der Waals surface area contributed by atoms with Crippen LogP contribution in [0, 0.1) is 23.7 Å². The molecule has 0 saturated carbocycles. The molecule has 2 amide bonds. The molecular weight excluding hydrogens is 408 g/mol. The number of ketones is 1. The van der Waals surface area contributed by atoms with E-state index in [4.69, 9.17) is 10.1 Å². The van der Waals surface area contributed by atoms with Gasteiger partial charge in [-0.2, -0.15) is 0 Å². The van der Waals surface area contributed by atoms with E-state index in [0.29, 0.717) is 5.56 Å². The molecule has 0 unspecified atom stereocenters. The lowest BCUT2D eigenvalue weighted by molar-refractivity contribution is -0.173. The number of hydrogen-bond acceptors (Lipinski definition) is 7. The van der Waals surface area contributed by atoms with E-state index in [2.05, 4.69) is 5.23 Å². The minimum Gasteiger partial charge on any atom is -0.556 e. The number of hydrogen-bond donors (Lipinski definition) is 3. The highest BCUT2D eigenvalue weighted by atomic mass is 16.4. The number of imide groups is 1. The molecule has 8 nitrogen and oxygen atoms in total. The second-order valence-corrected chi connectivity index (χ2v) is 9.60. The maximum Gasteiger partial charge on any atom is 0.374 e. The Hall–Kier alpha value is -2.45. The lowest BCUT2D eigenvalue weighted by Gasteiger charge is -2.54. The van der Waals surface area contributed by atoms with Gasteiger partial charge in [-0.05, 0) is 39.3 Å². The lowest BCUT2D eigenvalue weighted by Crippen LogP contribution is -2.79. The summed E-state index contributed by atoms with van der Waals surface area (Å²) in [6.07, 6.45) is 0.993. The molecule has 3 N–H and O–H groups in total. The SMILES string of the molecule is CB(O)N[C@H]1C(=O)N(C(=O)[C@H](C[B]OC=N)C(C)(C)CC(=O)c2ccc(C)cc2)C1(C)C. The van der Waals surface area contributed by atoms with Gasteiger partial charge in [0.1, 0.15) is 12.4 Å². The van der Waals surface area contributed by atoms with E-state index >= 15 is 0 Å². The van der Waals surface area contributed by atoms with Crippen LogP contribution < -0.4 is 5.23 Å². The van der Waals surface area contributed by atoms with E-state index < -0.39 is 41.8 Å². The summed E-state index contributed by atoms with van der Waals surface area (Å²) in [5, 5.41) is 19.5. The number of benzene rings is 1. The van der Waals surface area contributed by atoms with Crippen molar-refractivity contribution < 1.29 is 24.1 Å². The number of carbonyl (C=O) groups excluding carboxylic acids is 3. The van der Waals surface area contributed by atoms with Crippen LogP contribution in [0.15, 0.2) is 24.3 Å². The largest absolute Gasteiger partial charge is 0.556 e. The molecule has 1 aromatic carbocycles. The number of amides is 2. The van der Waals surface area contributed by atoms with E-state index in [1.54, 1.807) is 26.0 Å².